The average Bonchev–Trinajstić information content (AvgIpc) is 2.51. The average molecular weight is 384 g/mol. The van der Waals surface area contributed by atoms with E-state index in [2.05, 4.69) is 11.1 Å². The first-order valence-corrected chi connectivity index (χ1v) is 10.5. The van der Waals surface area contributed by atoms with Gasteiger partial charge in [-0.1, -0.05) is 64.7 Å². The first-order valence-electron chi connectivity index (χ1n) is 9.12. The van der Waals surface area contributed by atoms with Crippen molar-refractivity contribution in [3.05, 3.63) is 0 Å². The van der Waals surface area contributed by atoms with E-state index in [0.717, 1.165) is 12.8 Å². The van der Waals surface area contributed by atoms with Gasteiger partial charge in [-0.25, -0.2) is 4.18 Å². The summed E-state index contributed by atoms with van der Waals surface area (Å²) in [6, 6.07) is -0.380. The molecule has 0 radical (unpaired) electrons. The third-order valence-electron chi connectivity index (χ3n) is 3.86. The van der Waals surface area contributed by atoms with E-state index < -0.39 is 16.4 Å². The number of unbranched alkanes of at least 4 members (excludes halogenated alkanes) is 9. The summed E-state index contributed by atoms with van der Waals surface area (Å²) in [7, 11) is -0.765. The summed E-state index contributed by atoms with van der Waals surface area (Å²) in [5.74, 6) is -0.782. The first-order chi connectivity index (χ1) is 11.6. The maximum atomic E-state index is 10.2. The molecule has 0 heterocycles. The molecule has 7 nitrogen and oxygen atoms in total. The fraction of sp³-hybridized carbons (Fsp3) is 0.941. The smallest absolute Gasteiger partial charge is 0.397 e. The number of hydrogen-bond acceptors (Lipinski definition) is 5. The Balaban J connectivity index is 0. The summed E-state index contributed by atoms with van der Waals surface area (Å²) in [5, 5.41) is 8.31. The molecule has 0 aromatic rings. The van der Waals surface area contributed by atoms with Crippen LogP contribution >= 0.6 is 0 Å². The van der Waals surface area contributed by atoms with E-state index in [9.17, 15) is 13.2 Å². The van der Waals surface area contributed by atoms with Crippen molar-refractivity contribution < 1.29 is 27.1 Å². The lowest BCUT2D eigenvalue weighted by Crippen LogP contribution is -2.32. The summed E-state index contributed by atoms with van der Waals surface area (Å²) >= 11 is 0. The normalized spacial score (nSPS) is 12.6. The molecular formula is C17H37NO6S. The van der Waals surface area contributed by atoms with E-state index in [0.29, 0.717) is 6.42 Å². The predicted molar refractivity (Wildman–Crippen MR) is 100 cm³/mol. The van der Waals surface area contributed by atoms with Crippen LogP contribution in [-0.4, -0.2) is 55.7 Å². The molecule has 0 fully saturated rings. The minimum absolute atomic E-state index is 0.0926. The van der Waals surface area contributed by atoms with Gasteiger partial charge in [-0.15, -0.1) is 0 Å². The molecule has 8 heteroatoms. The number of nitrogens with zero attached hydrogens (tertiary/aromatic N) is 1. The highest BCUT2D eigenvalue weighted by atomic mass is 32.3. The standard InChI is InChI=1S/C12H26O4S.C5H11NO2/c1-2-3-4-5-6-7-8-9-10-11-12-16-17(13,14)15;1-4(5(7)8)6(2)3/h2-12H2,1H3,(H,13,14,15);4H,1-3H3,(H,7,8). The Labute approximate surface area is 153 Å². The molecular weight excluding hydrogens is 346 g/mol. The minimum Gasteiger partial charge on any atom is -0.480 e. The van der Waals surface area contributed by atoms with Gasteiger partial charge in [0.05, 0.1) is 6.61 Å². The molecule has 0 aromatic heterocycles. The minimum atomic E-state index is -4.23. The molecule has 152 valence electrons. The van der Waals surface area contributed by atoms with Crippen molar-refractivity contribution in [3.63, 3.8) is 0 Å². The molecule has 0 aromatic carbocycles. The Kier molecular flexibility index (Phi) is 17.8. The molecule has 1 atom stereocenters. The molecule has 0 saturated carbocycles. The van der Waals surface area contributed by atoms with Crippen molar-refractivity contribution >= 4 is 16.4 Å². The summed E-state index contributed by atoms with van der Waals surface area (Å²) in [6.07, 6.45) is 11.9. The number of carboxylic acids is 1. The Morgan fingerprint density at radius 3 is 1.64 bits per heavy atom. The van der Waals surface area contributed by atoms with E-state index in [1.807, 2.05) is 0 Å². The van der Waals surface area contributed by atoms with Crippen LogP contribution in [0, 0.1) is 0 Å². The van der Waals surface area contributed by atoms with Crippen molar-refractivity contribution in [2.45, 2.75) is 84.1 Å². The molecule has 1 unspecified atom stereocenters. The summed E-state index contributed by atoms with van der Waals surface area (Å²) in [6.45, 7) is 3.95. The van der Waals surface area contributed by atoms with E-state index in [-0.39, 0.29) is 12.6 Å². The summed E-state index contributed by atoms with van der Waals surface area (Å²) < 4.78 is 33.0. The van der Waals surface area contributed by atoms with Gasteiger partial charge in [0.2, 0.25) is 0 Å². The molecule has 25 heavy (non-hydrogen) atoms. The largest absolute Gasteiger partial charge is 0.480 e. The highest BCUT2D eigenvalue weighted by molar-refractivity contribution is 7.80. The number of rotatable bonds is 14. The van der Waals surface area contributed by atoms with Gasteiger partial charge in [-0.3, -0.25) is 14.2 Å². The van der Waals surface area contributed by atoms with Crippen molar-refractivity contribution in [2.75, 3.05) is 20.7 Å². The van der Waals surface area contributed by atoms with Gasteiger partial charge in [0.25, 0.3) is 0 Å². The van der Waals surface area contributed by atoms with Crippen molar-refractivity contribution in [1.82, 2.24) is 4.90 Å². The Hall–Kier alpha value is -0.700. The van der Waals surface area contributed by atoms with E-state index in [4.69, 9.17) is 9.66 Å². The molecule has 0 amide bonds. The highest BCUT2D eigenvalue weighted by Crippen LogP contribution is 2.10. The van der Waals surface area contributed by atoms with Gasteiger partial charge in [-0.2, -0.15) is 8.42 Å². The number of carboxylic acid groups (broad SMARTS) is 1. The maximum Gasteiger partial charge on any atom is 0.397 e. The van der Waals surface area contributed by atoms with Gasteiger partial charge in [-0.05, 0) is 27.4 Å². The van der Waals surface area contributed by atoms with Crippen LogP contribution in [0.5, 0.6) is 0 Å². The maximum absolute atomic E-state index is 10.2. The SMILES string of the molecule is CC(C(=O)O)N(C)C.CCCCCCCCCCCCOS(=O)(=O)O. The Morgan fingerprint density at radius 2 is 1.36 bits per heavy atom. The van der Waals surface area contributed by atoms with E-state index >= 15 is 0 Å². The fourth-order valence-electron chi connectivity index (χ4n) is 1.97. The quantitative estimate of drug-likeness (QED) is 0.348. The summed E-state index contributed by atoms with van der Waals surface area (Å²) in [4.78, 5) is 11.7. The van der Waals surface area contributed by atoms with Crippen LogP contribution in [0.3, 0.4) is 0 Å². The second kappa shape index (κ2) is 16.8. The van der Waals surface area contributed by atoms with Crippen LogP contribution < -0.4 is 0 Å². The number of hydrogen-bond donors (Lipinski definition) is 2. The molecule has 0 bridgehead atoms. The zero-order chi connectivity index (χ0) is 19.7. The molecule has 0 rings (SSSR count). The Bertz CT molecular complexity index is 411. The predicted octanol–water partition coefficient (Wildman–Crippen LogP) is 3.75. The molecule has 2 N–H and O–H groups in total. The molecule has 0 aliphatic rings. The second-order valence-corrected chi connectivity index (χ2v) is 7.50. The lowest BCUT2D eigenvalue weighted by Gasteiger charge is -2.13. The lowest BCUT2D eigenvalue weighted by molar-refractivity contribution is -0.141. The number of aliphatic carboxylic acids is 1. The number of carbonyl (C=O) groups is 1. The monoisotopic (exact) mass is 383 g/mol. The van der Waals surface area contributed by atoms with Gasteiger partial charge in [0.15, 0.2) is 0 Å². The molecule has 0 aliphatic carbocycles. The second-order valence-electron chi connectivity index (χ2n) is 6.41. The van der Waals surface area contributed by atoms with Gasteiger partial charge < -0.3 is 5.11 Å². The van der Waals surface area contributed by atoms with Crippen molar-refractivity contribution in [1.29, 1.82) is 0 Å². The number of likely N-dealkylation sites (N-methyl/N-ethyl adjacent to an activating group) is 1. The topological polar surface area (TPSA) is 104 Å². The zero-order valence-electron chi connectivity index (χ0n) is 16.2. The molecule has 0 aliphatic heterocycles. The van der Waals surface area contributed by atoms with Crippen LogP contribution in [-0.2, 0) is 19.4 Å². The zero-order valence-corrected chi connectivity index (χ0v) is 17.1. The van der Waals surface area contributed by atoms with E-state index in [1.54, 1.807) is 25.9 Å². The third kappa shape index (κ3) is 23.3. The first kappa shape index (κ1) is 26.5. The van der Waals surface area contributed by atoms with Crippen molar-refractivity contribution in [2.24, 2.45) is 0 Å². The van der Waals surface area contributed by atoms with Crippen LogP contribution in [0.25, 0.3) is 0 Å². The van der Waals surface area contributed by atoms with Gasteiger partial charge in [0.1, 0.15) is 6.04 Å². The van der Waals surface area contributed by atoms with Crippen LogP contribution in [0.15, 0.2) is 0 Å². The van der Waals surface area contributed by atoms with E-state index in [1.165, 1.54) is 44.9 Å². The lowest BCUT2D eigenvalue weighted by atomic mass is 10.1. The van der Waals surface area contributed by atoms with Crippen LogP contribution in [0.2, 0.25) is 0 Å². The summed E-state index contributed by atoms with van der Waals surface area (Å²) in [5.41, 5.74) is 0. The van der Waals surface area contributed by atoms with Crippen LogP contribution in [0.1, 0.15) is 78.1 Å². The van der Waals surface area contributed by atoms with Crippen molar-refractivity contribution in [3.8, 4) is 0 Å². The third-order valence-corrected chi connectivity index (χ3v) is 4.33. The Morgan fingerprint density at radius 1 is 0.960 bits per heavy atom. The van der Waals surface area contributed by atoms with Gasteiger partial charge in [0, 0.05) is 0 Å². The highest BCUT2D eigenvalue weighted by Gasteiger charge is 2.11. The molecule has 0 spiro atoms. The van der Waals surface area contributed by atoms with Gasteiger partial charge >= 0.3 is 16.4 Å². The molecule has 0 saturated heterocycles. The van der Waals surface area contributed by atoms with Crippen LogP contribution in [0.4, 0.5) is 0 Å². The fourth-order valence-corrected chi connectivity index (χ4v) is 2.30.